The third-order valence-corrected chi connectivity index (χ3v) is 2.76. The van der Waals surface area contributed by atoms with E-state index < -0.39 is 11.7 Å². The van der Waals surface area contributed by atoms with Crippen LogP contribution in [0.1, 0.15) is 25.5 Å². The summed E-state index contributed by atoms with van der Waals surface area (Å²) in [5, 5.41) is 4.37. The topological polar surface area (TPSA) is 17.8 Å². The van der Waals surface area contributed by atoms with E-state index in [1.807, 2.05) is 0 Å². The number of hydrogen-bond donors (Lipinski definition) is 0. The Kier molecular flexibility index (Phi) is 2.81. The van der Waals surface area contributed by atoms with Crippen molar-refractivity contribution in [2.45, 2.75) is 26.1 Å². The Morgan fingerprint density at radius 1 is 1.29 bits per heavy atom. The maximum atomic E-state index is 12.9. The molecule has 0 aliphatic heterocycles. The predicted molar refractivity (Wildman–Crippen MR) is 60.1 cm³/mol. The zero-order valence-electron chi connectivity index (χ0n) is 9.22. The molecule has 0 atom stereocenters. The zero-order valence-corrected chi connectivity index (χ0v) is 9.97. The molecule has 0 aliphatic carbocycles. The first-order valence-corrected chi connectivity index (χ1v) is 5.44. The van der Waals surface area contributed by atoms with Crippen molar-refractivity contribution in [2.24, 2.45) is 0 Å². The van der Waals surface area contributed by atoms with Gasteiger partial charge < -0.3 is 0 Å². The van der Waals surface area contributed by atoms with Crippen molar-refractivity contribution in [3.8, 4) is 0 Å². The van der Waals surface area contributed by atoms with Gasteiger partial charge in [0.1, 0.15) is 0 Å². The molecule has 6 heteroatoms. The molecule has 1 heterocycles. The number of para-hydroxylation sites is 1. The molecule has 0 saturated heterocycles. The van der Waals surface area contributed by atoms with Crippen LogP contribution in [0, 0.1) is 0 Å². The van der Waals surface area contributed by atoms with E-state index in [2.05, 4.69) is 5.10 Å². The van der Waals surface area contributed by atoms with Gasteiger partial charge in [0.25, 0.3) is 0 Å². The molecule has 0 bridgehead atoms. The molecule has 0 saturated carbocycles. The van der Waals surface area contributed by atoms with Crippen LogP contribution in [0.3, 0.4) is 0 Å². The predicted octanol–water partition coefficient (Wildman–Crippen LogP) is 4.29. The van der Waals surface area contributed by atoms with Crippen LogP contribution < -0.4 is 0 Å². The highest BCUT2D eigenvalue weighted by atomic mass is 35.5. The highest BCUT2D eigenvalue weighted by Gasteiger charge is 2.34. The molecule has 0 radical (unpaired) electrons. The van der Waals surface area contributed by atoms with Crippen LogP contribution in [0.15, 0.2) is 18.2 Å². The summed E-state index contributed by atoms with van der Waals surface area (Å²) in [4.78, 5) is 0. The third kappa shape index (κ3) is 1.99. The van der Waals surface area contributed by atoms with E-state index in [-0.39, 0.29) is 16.7 Å². The molecule has 1 aromatic carbocycles. The van der Waals surface area contributed by atoms with E-state index in [9.17, 15) is 13.2 Å². The fraction of sp³-hybridized carbons (Fsp3) is 0.364. The number of fused-ring (bicyclic) bond motifs is 1. The fourth-order valence-electron chi connectivity index (χ4n) is 1.76. The van der Waals surface area contributed by atoms with Crippen molar-refractivity contribution in [1.29, 1.82) is 0 Å². The largest absolute Gasteiger partial charge is 0.418 e. The van der Waals surface area contributed by atoms with Gasteiger partial charge in [0.2, 0.25) is 0 Å². The monoisotopic (exact) mass is 262 g/mol. The van der Waals surface area contributed by atoms with Crippen LogP contribution in [0.2, 0.25) is 5.15 Å². The van der Waals surface area contributed by atoms with Gasteiger partial charge in [-0.15, -0.1) is 0 Å². The summed E-state index contributed by atoms with van der Waals surface area (Å²) in [5.41, 5.74) is -0.664. The van der Waals surface area contributed by atoms with Crippen LogP contribution in [0.5, 0.6) is 0 Å². The first kappa shape index (κ1) is 12.2. The summed E-state index contributed by atoms with van der Waals surface area (Å²) in [5.74, 6) is 0. The molecular weight excluding hydrogens is 253 g/mol. The van der Waals surface area contributed by atoms with E-state index in [1.54, 1.807) is 19.9 Å². The molecule has 1 aromatic heterocycles. The molecule has 0 fully saturated rings. The molecule has 17 heavy (non-hydrogen) atoms. The minimum atomic E-state index is -4.41. The minimum absolute atomic E-state index is 0.0417. The lowest BCUT2D eigenvalue weighted by atomic mass is 10.1. The van der Waals surface area contributed by atoms with E-state index in [1.165, 1.54) is 10.7 Å². The molecule has 0 unspecified atom stereocenters. The zero-order chi connectivity index (χ0) is 12.8. The molecule has 2 aromatic rings. The van der Waals surface area contributed by atoms with Gasteiger partial charge in [-0.05, 0) is 26.0 Å². The van der Waals surface area contributed by atoms with Gasteiger partial charge in [-0.3, -0.25) is 4.68 Å². The maximum absolute atomic E-state index is 12.9. The number of hydrogen-bond acceptors (Lipinski definition) is 1. The highest BCUT2D eigenvalue weighted by molar-refractivity contribution is 6.34. The van der Waals surface area contributed by atoms with Gasteiger partial charge in [0, 0.05) is 11.4 Å². The summed E-state index contributed by atoms with van der Waals surface area (Å²) in [7, 11) is 0. The Bertz CT molecular complexity index is 558. The minimum Gasteiger partial charge on any atom is -0.260 e. The summed E-state index contributed by atoms with van der Waals surface area (Å²) in [6, 6.07) is 3.73. The fourth-order valence-corrected chi connectivity index (χ4v) is 1.99. The summed E-state index contributed by atoms with van der Waals surface area (Å²) in [6.07, 6.45) is -4.41. The van der Waals surface area contributed by atoms with Gasteiger partial charge in [-0.25, -0.2) is 0 Å². The normalized spacial score (nSPS) is 12.6. The van der Waals surface area contributed by atoms with E-state index >= 15 is 0 Å². The third-order valence-electron chi connectivity index (χ3n) is 2.48. The first-order valence-electron chi connectivity index (χ1n) is 5.06. The van der Waals surface area contributed by atoms with Gasteiger partial charge in [0.05, 0.1) is 11.1 Å². The summed E-state index contributed by atoms with van der Waals surface area (Å²) >= 11 is 5.84. The maximum Gasteiger partial charge on any atom is 0.418 e. The Balaban J connectivity index is 2.86. The van der Waals surface area contributed by atoms with Crippen LogP contribution in [-0.2, 0) is 6.18 Å². The van der Waals surface area contributed by atoms with Gasteiger partial charge in [0.15, 0.2) is 5.15 Å². The van der Waals surface area contributed by atoms with Crippen molar-refractivity contribution >= 4 is 22.5 Å². The van der Waals surface area contributed by atoms with Crippen LogP contribution >= 0.6 is 11.6 Å². The van der Waals surface area contributed by atoms with Crippen LogP contribution in [0.25, 0.3) is 10.9 Å². The number of nitrogens with zero attached hydrogens (tertiary/aromatic N) is 2. The standard InChI is InChI=1S/C11H10ClF3N2/c1-6(2)17-9-7(10(12)16-17)4-3-5-8(9)11(13,14)15/h3-6H,1-2H3. The second-order valence-electron chi connectivity index (χ2n) is 4.03. The highest BCUT2D eigenvalue weighted by Crippen LogP contribution is 2.37. The van der Waals surface area contributed by atoms with Crippen molar-refractivity contribution in [3.63, 3.8) is 0 Å². The Hall–Kier alpha value is -1.23. The molecule has 0 amide bonds. The van der Waals surface area contributed by atoms with E-state index in [0.29, 0.717) is 5.39 Å². The average molecular weight is 263 g/mol. The van der Waals surface area contributed by atoms with Crippen molar-refractivity contribution in [2.75, 3.05) is 0 Å². The molecular formula is C11H10ClF3N2. The second-order valence-corrected chi connectivity index (χ2v) is 4.39. The quantitative estimate of drug-likeness (QED) is 0.750. The molecule has 2 nitrogen and oxygen atoms in total. The number of alkyl halides is 3. The summed E-state index contributed by atoms with van der Waals surface area (Å²) < 4.78 is 40.0. The Morgan fingerprint density at radius 2 is 1.94 bits per heavy atom. The van der Waals surface area contributed by atoms with Crippen LogP contribution in [-0.4, -0.2) is 9.78 Å². The van der Waals surface area contributed by atoms with Crippen molar-refractivity contribution < 1.29 is 13.2 Å². The molecule has 0 spiro atoms. The SMILES string of the molecule is CC(C)n1nc(Cl)c2cccc(C(F)(F)F)c21. The van der Waals surface area contributed by atoms with Crippen molar-refractivity contribution in [3.05, 3.63) is 28.9 Å². The molecule has 0 aliphatic rings. The molecule has 2 rings (SSSR count). The average Bonchev–Trinajstić information content (AvgIpc) is 2.55. The molecule has 92 valence electrons. The lowest BCUT2D eigenvalue weighted by molar-refractivity contribution is -0.136. The van der Waals surface area contributed by atoms with Crippen molar-refractivity contribution in [1.82, 2.24) is 9.78 Å². The smallest absolute Gasteiger partial charge is 0.260 e. The summed E-state index contributed by atoms with van der Waals surface area (Å²) in [6.45, 7) is 3.52. The van der Waals surface area contributed by atoms with Gasteiger partial charge in [-0.2, -0.15) is 18.3 Å². The second kappa shape index (κ2) is 3.91. The lowest BCUT2D eigenvalue weighted by Gasteiger charge is -2.12. The van der Waals surface area contributed by atoms with Gasteiger partial charge in [-0.1, -0.05) is 17.7 Å². The number of rotatable bonds is 1. The van der Waals surface area contributed by atoms with Gasteiger partial charge >= 0.3 is 6.18 Å². The number of aromatic nitrogens is 2. The van der Waals surface area contributed by atoms with E-state index in [4.69, 9.17) is 11.6 Å². The molecule has 0 N–H and O–H groups in total. The van der Waals surface area contributed by atoms with Crippen LogP contribution in [0.4, 0.5) is 13.2 Å². The van der Waals surface area contributed by atoms with E-state index in [0.717, 1.165) is 6.07 Å². The lowest BCUT2D eigenvalue weighted by Crippen LogP contribution is -2.10. The first-order chi connectivity index (χ1) is 7.82. The Labute approximate surface area is 101 Å². The Morgan fingerprint density at radius 3 is 2.47 bits per heavy atom. The number of halogens is 4. The number of benzene rings is 1.